The Hall–Kier alpha value is -3.16. The van der Waals surface area contributed by atoms with Crippen molar-refractivity contribution in [3.8, 4) is 0 Å². The number of carbonyl (C=O) groups is 1. The van der Waals surface area contributed by atoms with E-state index in [9.17, 15) is 4.79 Å². The molecule has 0 spiro atoms. The summed E-state index contributed by atoms with van der Waals surface area (Å²) in [5.74, 6) is 1.18. The van der Waals surface area contributed by atoms with Crippen LogP contribution in [0.2, 0.25) is 0 Å². The van der Waals surface area contributed by atoms with Gasteiger partial charge in [-0.1, -0.05) is 0 Å². The number of nitrogens with zero attached hydrogens (tertiary/aromatic N) is 5. The maximum absolute atomic E-state index is 12.0. The summed E-state index contributed by atoms with van der Waals surface area (Å²) in [5, 5.41) is 7.34. The number of fused-ring (bicyclic) bond motifs is 1. The van der Waals surface area contributed by atoms with Gasteiger partial charge in [-0.25, -0.2) is 9.97 Å². The highest BCUT2D eigenvalue weighted by Crippen LogP contribution is 2.21. The van der Waals surface area contributed by atoms with E-state index in [-0.39, 0.29) is 5.91 Å². The number of carbonyl (C=O) groups excluding carboxylic acids is 1. The lowest BCUT2D eigenvalue weighted by atomic mass is 10.1. The average Bonchev–Trinajstić information content (AvgIpc) is 3.32. The van der Waals surface area contributed by atoms with Crippen LogP contribution >= 0.6 is 0 Å². The first kappa shape index (κ1) is 16.3. The molecule has 4 rings (SSSR count). The van der Waals surface area contributed by atoms with Crippen molar-refractivity contribution >= 4 is 11.9 Å². The van der Waals surface area contributed by atoms with Crippen LogP contribution in [-0.2, 0) is 13.1 Å². The van der Waals surface area contributed by atoms with Gasteiger partial charge in [0.05, 0.1) is 18.5 Å². The molecule has 4 heterocycles. The van der Waals surface area contributed by atoms with Crippen LogP contribution in [0.5, 0.6) is 0 Å². The molecule has 0 radical (unpaired) electrons. The van der Waals surface area contributed by atoms with Crippen LogP contribution < -0.4 is 10.2 Å². The Kier molecular flexibility index (Phi) is 4.63. The molecule has 0 aromatic carbocycles. The molecule has 1 atom stereocenters. The van der Waals surface area contributed by atoms with Crippen LogP contribution in [0.1, 0.15) is 22.7 Å². The van der Waals surface area contributed by atoms with Gasteiger partial charge in [-0.15, -0.1) is 0 Å². The largest absolute Gasteiger partial charge is 0.459 e. The molecule has 0 bridgehead atoms. The molecule has 3 aromatic heterocycles. The van der Waals surface area contributed by atoms with Gasteiger partial charge in [-0.05, 0) is 36.6 Å². The molecular formula is C18H20N6O2. The monoisotopic (exact) mass is 352 g/mol. The van der Waals surface area contributed by atoms with Crippen molar-refractivity contribution in [2.75, 3.05) is 18.0 Å². The Bertz CT molecular complexity index is 846. The van der Waals surface area contributed by atoms with E-state index in [0.29, 0.717) is 24.2 Å². The number of hydrogen-bond acceptors (Lipinski definition) is 6. The number of hydrogen-bond donors (Lipinski definition) is 1. The molecule has 3 aromatic rings. The Morgan fingerprint density at radius 1 is 1.19 bits per heavy atom. The Morgan fingerprint density at radius 3 is 2.88 bits per heavy atom. The zero-order chi connectivity index (χ0) is 17.8. The molecule has 26 heavy (non-hydrogen) atoms. The molecule has 0 unspecified atom stereocenters. The zero-order valence-electron chi connectivity index (χ0n) is 14.3. The number of nitrogens with one attached hydrogen (secondary N) is 1. The summed E-state index contributed by atoms with van der Waals surface area (Å²) >= 11 is 0. The summed E-state index contributed by atoms with van der Waals surface area (Å²) in [6, 6.07) is 7.20. The molecule has 134 valence electrons. The van der Waals surface area contributed by atoms with Crippen LogP contribution in [0.25, 0.3) is 0 Å². The van der Waals surface area contributed by atoms with Crippen molar-refractivity contribution in [2.24, 2.45) is 5.92 Å². The summed E-state index contributed by atoms with van der Waals surface area (Å²) in [6.45, 7) is 2.91. The molecule has 1 aliphatic heterocycles. The van der Waals surface area contributed by atoms with E-state index >= 15 is 0 Å². The lowest BCUT2D eigenvalue weighted by Gasteiger charge is -2.23. The first-order chi connectivity index (χ1) is 12.8. The van der Waals surface area contributed by atoms with Gasteiger partial charge in [0.25, 0.3) is 5.91 Å². The third kappa shape index (κ3) is 3.58. The van der Waals surface area contributed by atoms with E-state index in [2.05, 4.69) is 25.3 Å². The normalized spacial score (nSPS) is 16.8. The highest BCUT2D eigenvalue weighted by atomic mass is 16.3. The lowest BCUT2D eigenvalue weighted by molar-refractivity contribution is 0.0923. The van der Waals surface area contributed by atoms with Crippen LogP contribution in [0.3, 0.4) is 0 Å². The summed E-state index contributed by atoms with van der Waals surface area (Å²) in [7, 11) is 0. The number of anilines is 1. The topological polar surface area (TPSA) is 89.1 Å². The molecule has 0 fully saturated rings. The molecule has 1 N–H and O–H groups in total. The van der Waals surface area contributed by atoms with Gasteiger partial charge in [0.2, 0.25) is 5.95 Å². The second kappa shape index (κ2) is 7.38. The van der Waals surface area contributed by atoms with Crippen molar-refractivity contribution in [2.45, 2.75) is 19.5 Å². The molecule has 1 aliphatic rings. The van der Waals surface area contributed by atoms with E-state index in [1.165, 1.54) is 6.26 Å². The van der Waals surface area contributed by atoms with Gasteiger partial charge in [-0.3, -0.25) is 9.48 Å². The number of amides is 1. The first-order valence-corrected chi connectivity index (χ1v) is 8.64. The Balaban J connectivity index is 1.42. The van der Waals surface area contributed by atoms with Gasteiger partial charge in [0, 0.05) is 38.2 Å². The third-order valence-corrected chi connectivity index (χ3v) is 4.49. The van der Waals surface area contributed by atoms with Crippen molar-refractivity contribution in [3.63, 3.8) is 0 Å². The van der Waals surface area contributed by atoms with E-state index in [0.717, 1.165) is 31.7 Å². The molecule has 0 saturated carbocycles. The quantitative estimate of drug-likeness (QED) is 0.752. The Morgan fingerprint density at radius 2 is 2.08 bits per heavy atom. The second-order valence-electron chi connectivity index (χ2n) is 6.32. The average molecular weight is 352 g/mol. The predicted molar refractivity (Wildman–Crippen MR) is 94.5 cm³/mol. The zero-order valence-corrected chi connectivity index (χ0v) is 14.3. The number of rotatable bonds is 5. The summed E-state index contributed by atoms with van der Waals surface area (Å²) < 4.78 is 7.15. The smallest absolute Gasteiger partial charge is 0.286 e. The van der Waals surface area contributed by atoms with Crippen LogP contribution in [0.15, 0.2) is 53.5 Å². The SMILES string of the molecule is O=C(NCC[C@@H]1CN(c2ncccn2)Cc2ccnn2C1)c1ccco1. The van der Waals surface area contributed by atoms with Gasteiger partial charge < -0.3 is 14.6 Å². The van der Waals surface area contributed by atoms with Gasteiger partial charge in [-0.2, -0.15) is 5.10 Å². The van der Waals surface area contributed by atoms with Gasteiger partial charge in [0.15, 0.2) is 5.76 Å². The summed E-state index contributed by atoms with van der Waals surface area (Å²) in [4.78, 5) is 22.9. The molecule has 8 heteroatoms. The fourth-order valence-electron chi connectivity index (χ4n) is 3.21. The van der Waals surface area contributed by atoms with Crippen molar-refractivity contribution in [1.29, 1.82) is 0 Å². The van der Waals surface area contributed by atoms with Gasteiger partial charge >= 0.3 is 0 Å². The van der Waals surface area contributed by atoms with Crippen molar-refractivity contribution in [3.05, 3.63) is 60.6 Å². The summed E-state index contributed by atoms with van der Waals surface area (Å²) in [5.41, 5.74) is 1.14. The highest BCUT2D eigenvalue weighted by Gasteiger charge is 2.24. The molecule has 0 aliphatic carbocycles. The van der Waals surface area contributed by atoms with Crippen molar-refractivity contribution < 1.29 is 9.21 Å². The molecule has 8 nitrogen and oxygen atoms in total. The second-order valence-corrected chi connectivity index (χ2v) is 6.32. The fourth-order valence-corrected chi connectivity index (χ4v) is 3.21. The molecular weight excluding hydrogens is 332 g/mol. The van der Waals surface area contributed by atoms with Crippen molar-refractivity contribution in [1.82, 2.24) is 25.1 Å². The minimum atomic E-state index is -0.188. The van der Waals surface area contributed by atoms with Crippen LogP contribution in [-0.4, -0.2) is 38.7 Å². The molecule has 0 saturated heterocycles. The van der Waals surface area contributed by atoms with E-state index < -0.39 is 0 Å². The number of aromatic nitrogens is 4. The fraction of sp³-hybridized carbons (Fsp3) is 0.333. The maximum atomic E-state index is 12.0. The molecule has 1 amide bonds. The van der Waals surface area contributed by atoms with Crippen LogP contribution in [0.4, 0.5) is 5.95 Å². The maximum Gasteiger partial charge on any atom is 0.286 e. The standard InChI is InChI=1S/C18H20N6O2/c25-17(16-3-1-10-26-16)19-8-4-14-11-23(18-20-6-2-7-21-18)13-15-5-9-22-24(15)12-14/h1-3,5-7,9-10,14H,4,8,11-13H2,(H,19,25)/t14-/m1/s1. The minimum Gasteiger partial charge on any atom is -0.459 e. The highest BCUT2D eigenvalue weighted by molar-refractivity contribution is 5.91. The third-order valence-electron chi connectivity index (χ3n) is 4.49. The predicted octanol–water partition coefficient (Wildman–Crippen LogP) is 1.72. The van der Waals surface area contributed by atoms with Crippen LogP contribution in [0, 0.1) is 5.92 Å². The van der Waals surface area contributed by atoms with Gasteiger partial charge in [0.1, 0.15) is 0 Å². The lowest BCUT2D eigenvalue weighted by Crippen LogP contribution is -2.32. The first-order valence-electron chi connectivity index (χ1n) is 8.64. The van der Waals surface area contributed by atoms with E-state index in [1.54, 1.807) is 24.5 Å². The minimum absolute atomic E-state index is 0.188. The Labute approximate surface area is 150 Å². The number of furan rings is 1. The summed E-state index contributed by atoms with van der Waals surface area (Å²) in [6.07, 6.45) is 7.65. The van der Waals surface area contributed by atoms with E-state index in [4.69, 9.17) is 4.42 Å². The van der Waals surface area contributed by atoms with E-state index in [1.807, 2.05) is 23.0 Å².